The second-order valence-electron chi connectivity index (χ2n) is 32.6. The van der Waals surface area contributed by atoms with E-state index in [2.05, 4.69) is 285 Å². The monoisotopic (exact) mass is 1120 g/mol. The highest BCUT2D eigenvalue weighted by molar-refractivity contribution is 6.93. The number of furan rings is 1. The Morgan fingerprint density at radius 2 is 0.882 bits per heavy atom. The summed E-state index contributed by atoms with van der Waals surface area (Å²) in [4.78, 5) is 8.07. The molecule has 14 rings (SSSR count). The average Bonchev–Trinajstić information content (AvgIpc) is 1.47. The maximum absolute atomic E-state index is 6.99. The van der Waals surface area contributed by atoms with E-state index in [4.69, 9.17) is 4.42 Å². The van der Waals surface area contributed by atoms with Crippen LogP contribution < -0.4 is 25.5 Å². The Morgan fingerprint density at radius 3 is 1.41 bits per heavy atom. The fourth-order valence-electron chi connectivity index (χ4n) is 16.1. The van der Waals surface area contributed by atoms with Gasteiger partial charge in [-0.05, 0) is 228 Å². The molecular formula is C80H90BN3O. The molecule has 0 fully saturated rings. The van der Waals surface area contributed by atoms with Gasteiger partial charge in [0.2, 0.25) is 0 Å². The third-order valence-corrected chi connectivity index (χ3v) is 22.0. The molecule has 85 heavy (non-hydrogen) atoms. The van der Waals surface area contributed by atoms with Gasteiger partial charge in [0, 0.05) is 61.8 Å². The van der Waals surface area contributed by atoms with Crippen LogP contribution in [0.1, 0.15) is 208 Å². The van der Waals surface area contributed by atoms with Crippen molar-refractivity contribution in [1.82, 2.24) is 0 Å². The minimum absolute atomic E-state index is 0.00112. The van der Waals surface area contributed by atoms with Crippen LogP contribution >= 0.6 is 0 Å². The normalized spacial score (nSPS) is 19.2. The van der Waals surface area contributed by atoms with E-state index >= 15 is 0 Å². The zero-order valence-electron chi connectivity index (χ0n) is 54.4. The van der Waals surface area contributed by atoms with Gasteiger partial charge in [0.05, 0.1) is 0 Å². The smallest absolute Gasteiger partial charge is 0.333 e. The number of nitrogens with zero attached hydrogens (tertiary/aromatic N) is 3. The van der Waals surface area contributed by atoms with Crippen molar-refractivity contribution in [2.45, 2.75) is 206 Å². The molecule has 0 saturated carbocycles. The van der Waals surface area contributed by atoms with Crippen LogP contribution in [-0.4, -0.2) is 6.85 Å². The standard InChI is InChI=1S/C80H90BN3O/c1-73(2,3)49-23-27-51(28-24-49)82(52-29-25-50(26-30-52)74(4,5)6)55-43-57-70-65(35-36-69-71(70)56-21-19-20-22-68(56)85-69)84(54-32-34-59-61(45-54)78(13,14)40-38-76(59,9)10)81-64-47-62-63(80(17,18)42-41-79(62,15)16)48-66(64)83(67(46-55)72(57)81)53-31-33-58-60(44-53)77(11,12)39-37-75(58,7)8/h19-36,43-48H,37-42H2,1-18H3. The van der Waals surface area contributed by atoms with Crippen molar-refractivity contribution in [3.8, 4) is 11.1 Å². The Kier molecular flexibility index (Phi) is 12.0. The summed E-state index contributed by atoms with van der Waals surface area (Å²) >= 11 is 0. The SMILES string of the molecule is CC(C)(C)c1ccc(N(c2ccc(C(C)(C)C)cc2)c2cc3c4c(c2)N(c2ccc5c(c2)C(C)(C)CCC5(C)C)c2cc5c(cc2B4N(c2ccc4c(c2)C(C)(C)CCC4(C)C)c2ccc4oc6ccccc6c4c2-3)C(C)(C)CCC5(C)C)cc1. The average molecular weight is 1120 g/mol. The van der Waals surface area contributed by atoms with Gasteiger partial charge in [-0.3, -0.25) is 0 Å². The molecule has 3 aliphatic carbocycles. The van der Waals surface area contributed by atoms with Crippen LogP contribution in [0.5, 0.6) is 0 Å². The van der Waals surface area contributed by atoms with E-state index in [1.807, 2.05) is 0 Å². The quantitative estimate of drug-likeness (QED) is 0.160. The molecule has 2 aliphatic heterocycles. The molecule has 0 N–H and O–H groups in total. The molecule has 0 radical (unpaired) electrons. The van der Waals surface area contributed by atoms with E-state index in [0.29, 0.717) is 0 Å². The van der Waals surface area contributed by atoms with Gasteiger partial charge in [0.1, 0.15) is 11.2 Å². The fraction of sp³-hybridized carbons (Fsp3) is 0.400. The van der Waals surface area contributed by atoms with Crippen LogP contribution in [0, 0.1) is 0 Å². The maximum Gasteiger partial charge on any atom is 0.333 e. The van der Waals surface area contributed by atoms with E-state index in [1.54, 1.807) is 0 Å². The molecule has 9 aromatic rings. The molecule has 0 atom stereocenters. The molecule has 0 spiro atoms. The molecule has 0 bridgehead atoms. The first-order valence-corrected chi connectivity index (χ1v) is 32.1. The predicted octanol–water partition coefficient (Wildman–Crippen LogP) is 21.4. The first-order chi connectivity index (χ1) is 39.8. The number of fused-ring (bicyclic) bond motifs is 11. The zero-order valence-corrected chi connectivity index (χ0v) is 54.4. The van der Waals surface area contributed by atoms with Gasteiger partial charge in [-0.25, -0.2) is 0 Å². The van der Waals surface area contributed by atoms with Crippen molar-refractivity contribution < 1.29 is 4.42 Å². The summed E-state index contributed by atoms with van der Waals surface area (Å²) in [7, 11) is 0. The highest BCUT2D eigenvalue weighted by Crippen LogP contribution is 2.57. The van der Waals surface area contributed by atoms with Crippen molar-refractivity contribution >= 4 is 85.2 Å². The van der Waals surface area contributed by atoms with Crippen molar-refractivity contribution in [2.75, 3.05) is 14.6 Å². The molecule has 5 heteroatoms. The molecule has 1 aromatic heterocycles. The Balaban J connectivity index is 1.16. The summed E-state index contributed by atoms with van der Waals surface area (Å²) in [5.74, 6) is 0. The number of para-hydroxylation sites is 1. The molecule has 0 unspecified atom stereocenters. The van der Waals surface area contributed by atoms with E-state index in [0.717, 1.165) is 64.7 Å². The Bertz CT molecular complexity index is 4170. The Labute approximate surface area is 509 Å². The lowest BCUT2D eigenvalue weighted by atomic mass is 9.42. The summed E-state index contributed by atoms with van der Waals surface area (Å²) in [5, 5.41) is 2.30. The summed E-state index contributed by atoms with van der Waals surface area (Å²) < 4.78 is 6.99. The molecule has 4 nitrogen and oxygen atoms in total. The lowest BCUT2D eigenvalue weighted by Gasteiger charge is -2.49. The van der Waals surface area contributed by atoms with Crippen molar-refractivity contribution in [2.24, 2.45) is 0 Å². The third kappa shape index (κ3) is 8.64. The number of benzene rings is 8. The molecule has 0 saturated heterocycles. The molecule has 0 amide bonds. The van der Waals surface area contributed by atoms with Crippen LogP contribution in [0.25, 0.3) is 33.1 Å². The lowest BCUT2D eigenvalue weighted by Crippen LogP contribution is -2.62. The first kappa shape index (κ1) is 55.9. The highest BCUT2D eigenvalue weighted by atomic mass is 16.3. The van der Waals surface area contributed by atoms with Crippen LogP contribution in [0.2, 0.25) is 0 Å². The molecule has 434 valence electrons. The van der Waals surface area contributed by atoms with Crippen LogP contribution in [0.3, 0.4) is 0 Å². The van der Waals surface area contributed by atoms with Gasteiger partial charge in [0.15, 0.2) is 0 Å². The van der Waals surface area contributed by atoms with Crippen LogP contribution in [0.15, 0.2) is 150 Å². The fourth-order valence-corrected chi connectivity index (χ4v) is 16.1. The number of hydrogen-bond acceptors (Lipinski definition) is 4. The predicted molar refractivity (Wildman–Crippen MR) is 365 cm³/mol. The number of anilines is 8. The third-order valence-electron chi connectivity index (χ3n) is 22.0. The number of hydrogen-bond donors (Lipinski definition) is 0. The van der Waals surface area contributed by atoms with E-state index in [9.17, 15) is 0 Å². The van der Waals surface area contributed by atoms with Gasteiger partial charge in [-0.2, -0.15) is 0 Å². The van der Waals surface area contributed by atoms with Crippen molar-refractivity contribution in [3.05, 3.63) is 190 Å². The van der Waals surface area contributed by atoms with Crippen molar-refractivity contribution in [1.29, 1.82) is 0 Å². The summed E-state index contributed by atoms with van der Waals surface area (Å²) in [6, 6.07) is 58.0. The lowest BCUT2D eigenvalue weighted by molar-refractivity contribution is 0.332. The molecule has 8 aromatic carbocycles. The van der Waals surface area contributed by atoms with Gasteiger partial charge < -0.3 is 19.0 Å². The molecule has 5 aliphatic rings. The van der Waals surface area contributed by atoms with Gasteiger partial charge in [-0.1, -0.05) is 185 Å². The summed E-state index contributed by atoms with van der Waals surface area (Å²) in [6.45, 7) is 43.5. The first-order valence-electron chi connectivity index (χ1n) is 32.1. The minimum Gasteiger partial charge on any atom is -0.456 e. The largest absolute Gasteiger partial charge is 0.456 e. The van der Waals surface area contributed by atoms with E-state index in [-0.39, 0.29) is 50.2 Å². The van der Waals surface area contributed by atoms with Gasteiger partial charge in [0.25, 0.3) is 0 Å². The zero-order chi connectivity index (χ0) is 60.1. The minimum atomic E-state index is -0.184. The maximum atomic E-state index is 6.99. The van der Waals surface area contributed by atoms with Crippen molar-refractivity contribution in [3.63, 3.8) is 0 Å². The van der Waals surface area contributed by atoms with E-state index in [1.165, 1.54) is 108 Å². The van der Waals surface area contributed by atoms with Gasteiger partial charge >= 0.3 is 6.85 Å². The Morgan fingerprint density at radius 1 is 0.412 bits per heavy atom. The topological polar surface area (TPSA) is 22.9 Å². The summed E-state index contributed by atoms with van der Waals surface area (Å²) in [5.41, 5.74) is 28.0. The second kappa shape index (κ2) is 18.3. The molecule has 3 heterocycles. The van der Waals surface area contributed by atoms with Crippen LogP contribution in [0.4, 0.5) is 45.5 Å². The highest BCUT2D eigenvalue weighted by Gasteiger charge is 2.50. The van der Waals surface area contributed by atoms with Gasteiger partial charge in [-0.15, -0.1) is 0 Å². The second-order valence-corrected chi connectivity index (χ2v) is 32.6. The van der Waals surface area contributed by atoms with Crippen LogP contribution in [-0.2, 0) is 43.3 Å². The molecular weight excluding hydrogens is 1030 g/mol. The Hall–Kier alpha value is -6.98. The van der Waals surface area contributed by atoms with E-state index < -0.39 is 0 Å². The number of rotatable bonds is 5. The summed E-state index contributed by atoms with van der Waals surface area (Å²) in [6.07, 6.45) is 6.89.